The molecule has 92 valence electrons. The molecule has 0 aliphatic rings. The fraction of sp³-hybridized carbons (Fsp3) is 0.200. The topological polar surface area (TPSA) is 25.2 Å². The maximum absolute atomic E-state index is 5.94. The molecule has 0 radical (unpaired) electrons. The Morgan fingerprint density at radius 3 is 2.72 bits per heavy atom. The minimum absolute atomic E-state index is 0.128. The number of hydrogen-bond acceptors (Lipinski definition) is 3. The van der Waals surface area contributed by atoms with Crippen LogP contribution in [0.1, 0.15) is 22.2 Å². The molecule has 1 atom stereocenters. The van der Waals surface area contributed by atoms with Crippen LogP contribution in [0.25, 0.3) is 11.0 Å². The molecule has 1 N–H and O–H groups in total. The highest BCUT2D eigenvalue weighted by Crippen LogP contribution is 2.31. The van der Waals surface area contributed by atoms with E-state index in [9.17, 15) is 0 Å². The van der Waals surface area contributed by atoms with Gasteiger partial charge in [-0.3, -0.25) is 0 Å². The van der Waals surface area contributed by atoms with Gasteiger partial charge in [0.15, 0.2) is 0 Å². The summed E-state index contributed by atoms with van der Waals surface area (Å²) in [6, 6.07) is 12.5. The zero-order chi connectivity index (χ0) is 12.5. The molecule has 3 heteroatoms. The minimum atomic E-state index is 0.128. The smallest absolute Gasteiger partial charge is 0.134 e. The van der Waals surface area contributed by atoms with Crippen molar-refractivity contribution in [3.8, 4) is 0 Å². The van der Waals surface area contributed by atoms with Gasteiger partial charge in [-0.1, -0.05) is 18.2 Å². The number of rotatable bonds is 3. The lowest BCUT2D eigenvalue weighted by molar-refractivity contribution is 0.491. The number of hydrogen-bond donors (Lipinski definition) is 1. The van der Waals surface area contributed by atoms with Crippen LogP contribution in [-0.4, -0.2) is 7.05 Å². The van der Waals surface area contributed by atoms with E-state index >= 15 is 0 Å². The van der Waals surface area contributed by atoms with E-state index in [1.54, 1.807) is 11.3 Å². The third-order valence-corrected chi connectivity index (χ3v) is 4.09. The fourth-order valence-corrected chi connectivity index (χ4v) is 3.03. The van der Waals surface area contributed by atoms with Crippen LogP contribution in [0, 0.1) is 6.92 Å². The van der Waals surface area contributed by atoms with Gasteiger partial charge in [0.2, 0.25) is 0 Å². The van der Waals surface area contributed by atoms with Gasteiger partial charge in [0.1, 0.15) is 11.3 Å². The van der Waals surface area contributed by atoms with Gasteiger partial charge in [-0.2, -0.15) is 0 Å². The molecule has 2 aromatic heterocycles. The SMILES string of the molecule is CNC(c1cc2ccccc2o1)c1ccsc1C. The zero-order valence-electron chi connectivity index (χ0n) is 10.4. The van der Waals surface area contributed by atoms with Gasteiger partial charge in [0.05, 0.1) is 6.04 Å². The molecule has 0 bridgehead atoms. The van der Waals surface area contributed by atoms with Gasteiger partial charge in [0.25, 0.3) is 0 Å². The Balaban J connectivity index is 2.09. The average molecular weight is 257 g/mol. The van der Waals surface area contributed by atoms with Crippen molar-refractivity contribution in [1.82, 2.24) is 5.32 Å². The van der Waals surface area contributed by atoms with Crippen molar-refractivity contribution >= 4 is 22.3 Å². The number of furan rings is 1. The number of nitrogens with one attached hydrogen (secondary N) is 1. The lowest BCUT2D eigenvalue weighted by Gasteiger charge is -2.13. The van der Waals surface area contributed by atoms with E-state index in [0.717, 1.165) is 16.7 Å². The first-order chi connectivity index (χ1) is 8.79. The van der Waals surface area contributed by atoms with Crippen molar-refractivity contribution in [3.63, 3.8) is 0 Å². The first-order valence-electron chi connectivity index (χ1n) is 5.99. The van der Waals surface area contributed by atoms with E-state index in [2.05, 4.69) is 35.8 Å². The van der Waals surface area contributed by atoms with E-state index in [-0.39, 0.29) is 6.04 Å². The van der Waals surface area contributed by atoms with Gasteiger partial charge in [-0.15, -0.1) is 11.3 Å². The van der Waals surface area contributed by atoms with Crippen molar-refractivity contribution in [1.29, 1.82) is 0 Å². The largest absolute Gasteiger partial charge is 0.459 e. The van der Waals surface area contributed by atoms with Gasteiger partial charge in [-0.05, 0) is 43.1 Å². The Labute approximate surface area is 110 Å². The van der Waals surface area contributed by atoms with Crippen molar-refractivity contribution in [2.75, 3.05) is 7.05 Å². The first kappa shape index (κ1) is 11.5. The third-order valence-electron chi connectivity index (χ3n) is 3.23. The molecule has 3 rings (SSSR count). The van der Waals surface area contributed by atoms with Crippen molar-refractivity contribution in [2.45, 2.75) is 13.0 Å². The molecule has 2 heterocycles. The Morgan fingerprint density at radius 2 is 2.06 bits per heavy atom. The summed E-state index contributed by atoms with van der Waals surface area (Å²) >= 11 is 1.77. The predicted octanol–water partition coefficient (Wildman–Crippen LogP) is 4.11. The summed E-state index contributed by atoms with van der Waals surface area (Å²) in [4.78, 5) is 1.33. The summed E-state index contributed by atoms with van der Waals surface area (Å²) in [5.41, 5.74) is 2.24. The quantitative estimate of drug-likeness (QED) is 0.763. The Kier molecular flexibility index (Phi) is 2.94. The summed E-state index contributed by atoms with van der Waals surface area (Å²) in [5.74, 6) is 0.972. The van der Waals surface area contributed by atoms with Gasteiger partial charge < -0.3 is 9.73 Å². The van der Waals surface area contributed by atoms with Crippen molar-refractivity contribution in [3.05, 3.63) is 58.0 Å². The Bertz CT molecular complexity index is 635. The summed E-state index contributed by atoms with van der Waals surface area (Å²) in [6.07, 6.45) is 0. The number of benzene rings is 1. The molecule has 0 saturated carbocycles. The highest BCUT2D eigenvalue weighted by Gasteiger charge is 2.18. The number of para-hydroxylation sites is 1. The van der Waals surface area contributed by atoms with E-state index < -0.39 is 0 Å². The first-order valence-corrected chi connectivity index (χ1v) is 6.87. The van der Waals surface area contributed by atoms with Crippen LogP contribution in [-0.2, 0) is 0 Å². The van der Waals surface area contributed by atoms with E-state index in [0.29, 0.717) is 0 Å². The molecule has 0 aliphatic carbocycles. The number of thiophene rings is 1. The standard InChI is InChI=1S/C15H15NOS/c1-10-12(7-8-18-10)15(16-2)14-9-11-5-3-4-6-13(11)17-14/h3-9,15-16H,1-2H3. The maximum Gasteiger partial charge on any atom is 0.134 e. The Hall–Kier alpha value is -1.58. The van der Waals surface area contributed by atoms with Crippen molar-refractivity contribution < 1.29 is 4.42 Å². The summed E-state index contributed by atoms with van der Waals surface area (Å²) in [6.45, 7) is 2.15. The van der Waals surface area contributed by atoms with Crippen molar-refractivity contribution in [2.24, 2.45) is 0 Å². The molecule has 0 amide bonds. The van der Waals surface area contributed by atoms with Crippen LogP contribution in [0.4, 0.5) is 0 Å². The molecule has 1 aromatic carbocycles. The van der Waals surface area contributed by atoms with E-state index in [4.69, 9.17) is 4.42 Å². The van der Waals surface area contributed by atoms with Gasteiger partial charge in [-0.25, -0.2) is 0 Å². The molecule has 18 heavy (non-hydrogen) atoms. The molecule has 0 spiro atoms. The Morgan fingerprint density at radius 1 is 1.22 bits per heavy atom. The second kappa shape index (κ2) is 4.59. The summed E-state index contributed by atoms with van der Waals surface area (Å²) in [5, 5.41) is 6.61. The fourth-order valence-electron chi connectivity index (χ4n) is 2.29. The van der Waals surface area contributed by atoms with Gasteiger partial charge >= 0.3 is 0 Å². The molecule has 1 unspecified atom stereocenters. The van der Waals surface area contributed by atoms with Crippen LogP contribution in [0.2, 0.25) is 0 Å². The summed E-state index contributed by atoms with van der Waals surface area (Å²) in [7, 11) is 1.97. The van der Waals surface area contributed by atoms with Crippen LogP contribution in [0.15, 0.2) is 46.2 Å². The number of fused-ring (bicyclic) bond motifs is 1. The van der Waals surface area contributed by atoms with Crippen LogP contribution >= 0.6 is 11.3 Å². The molecule has 2 nitrogen and oxygen atoms in total. The molecule has 3 aromatic rings. The van der Waals surface area contributed by atoms with E-state index in [1.165, 1.54) is 10.4 Å². The van der Waals surface area contributed by atoms with E-state index in [1.807, 2.05) is 25.2 Å². The summed E-state index contributed by atoms with van der Waals surface area (Å²) < 4.78 is 5.94. The highest BCUT2D eigenvalue weighted by atomic mass is 32.1. The normalized spacial score (nSPS) is 13.0. The highest BCUT2D eigenvalue weighted by molar-refractivity contribution is 7.10. The van der Waals surface area contributed by atoms with Crippen LogP contribution in [0.5, 0.6) is 0 Å². The molecule has 0 aliphatic heterocycles. The lowest BCUT2D eigenvalue weighted by Crippen LogP contribution is -2.17. The van der Waals surface area contributed by atoms with Crippen LogP contribution in [0.3, 0.4) is 0 Å². The molecule has 0 saturated heterocycles. The lowest BCUT2D eigenvalue weighted by atomic mass is 10.1. The second-order valence-electron chi connectivity index (χ2n) is 4.34. The average Bonchev–Trinajstić information content (AvgIpc) is 2.97. The maximum atomic E-state index is 5.94. The molecular formula is C15H15NOS. The van der Waals surface area contributed by atoms with Gasteiger partial charge in [0, 0.05) is 10.3 Å². The number of aryl methyl sites for hydroxylation is 1. The zero-order valence-corrected chi connectivity index (χ0v) is 11.3. The third kappa shape index (κ3) is 1.85. The predicted molar refractivity (Wildman–Crippen MR) is 76.2 cm³/mol. The van der Waals surface area contributed by atoms with Crippen LogP contribution < -0.4 is 5.32 Å². The molecule has 0 fully saturated rings. The molecular weight excluding hydrogens is 242 g/mol. The minimum Gasteiger partial charge on any atom is -0.459 e. The second-order valence-corrected chi connectivity index (χ2v) is 5.46. The monoisotopic (exact) mass is 257 g/mol.